The van der Waals surface area contributed by atoms with Gasteiger partial charge in [-0.15, -0.1) is 0 Å². The molecular formula is C22H30N4O4. The van der Waals surface area contributed by atoms with Crippen LogP contribution in [0.2, 0.25) is 0 Å². The average Bonchev–Trinajstić information content (AvgIpc) is 3.37. The fourth-order valence-corrected chi connectivity index (χ4v) is 4.89. The summed E-state index contributed by atoms with van der Waals surface area (Å²) >= 11 is 0. The Kier molecular flexibility index (Phi) is 5.94. The lowest BCUT2D eigenvalue weighted by molar-refractivity contribution is -0.117. The minimum absolute atomic E-state index is 0.0260. The predicted molar refractivity (Wildman–Crippen MR) is 112 cm³/mol. The Hall–Kier alpha value is -2.61. The van der Waals surface area contributed by atoms with Gasteiger partial charge in [0.05, 0.1) is 13.7 Å². The topological polar surface area (TPSA) is 82.2 Å². The molecule has 3 aliphatic rings. The molecule has 1 saturated carbocycles. The van der Waals surface area contributed by atoms with Gasteiger partial charge in [0.25, 0.3) is 5.91 Å². The van der Waals surface area contributed by atoms with Gasteiger partial charge in [-0.2, -0.15) is 0 Å². The van der Waals surface area contributed by atoms with Gasteiger partial charge in [-0.05, 0) is 49.8 Å². The van der Waals surface area contributed by atoms with Crippen molar-refractivity contribution in [2.24, 2.45) is 5.92 Å². The molecule has 0 spiro atoms. The van der Waals surface area contributed by atoms with Crippen LogP contribution in [0.5, 0.6) is 0 Å². The Labute approximate surface area is 177 Å². The second kappa shape index (κ2) is 8.63. The van der Waals surface area contributed by atoms with E-state index in [0.717, 1.165) is 18.0 Å². The van der Waals surface area contributed by atoms with E-state index in [2.05, 4.69) is 10.2 Å². The molecular weight excluding hydrogens is 384 g/mol. The van der Waals surface area contributed by atoms with E-state index in [1.165, 1.54) is 26.4 Å². The molecule has 8 nitrogen and oxygen atoms in total. The van der Waals surface area contributed by atoms with Crippen molar-refractivity contribution in [1.82, 2.24) is 14.7 Å². The third-order valence-corrected chi connectivity index (χ3v) is 6.63. The summed E-state index contributed by atoms with van der Waals surface area (Å²) in [5.41, 5.74) is 2.16. The molecule has 0 unspecified atom stereocenters. The van der Waals surface area contributed by atoms with E-state index in [-0.39, 0.29) is 17.9 Å². The van der Waals surface area contributed by atoms with Crippen LogP contribution in [0.3, 0.4) is 0 Å². The van der Waals surface area contributed by atoms with Gasteiger partial charge in [-0.1, -0.05) is 6.07 Å². The molecule has 30 heavy (non-hydrogen) atoms. The van der Waals surface area contributed by atoms with Crippen molar-refractivity contribution in [2.45, 2.75) is 32.2 Å². The number of ether oxygens (including phenoxy) is 1. The summed E-state index contributed by atoms with van der Waals surface area (Å²) in [6.45, 7) is 5.18. The van der Waals surface area contributed by atoms with E-state index in [9.17, 15) is 14.4 Å². The molecule has 1 aromatic carbocycles. The number of piperidine rings is 1. The predicted octanol–water partition coefficient (Wildman–Crippen LogP) is 1.94. The number of nitrogens with zero attached hydrogens (tertiary/aromatic N) is 3. The third-order valence-electron chi connectivity index (χ3n) is 6.63. The number of rotatable bonds is 4. The number of likely N-dealkylation sites (tertiary alicyclic amines) is 1. The molecule has 1 aliphatic carbocycles. The molecule has 8 heteroatoms. The normalized spacial score (nSPS) is 23.5. The lowest BCUT2D eigenvalue weighted by Crippen LogP contribution is -2.50. The Morgan fingerprint density at radius 3 is 2.47 bits per heavy atom. The van der Waals surface area contributed by atoms with Crippen LogP contribution in [0.1, 0.15) is 35.2 Å². The molecule has 3 amide bonds. The zero-order chi connectivity index (χ0) is 21.3. The summed E-state index contributed by atoms with van der Waals surface area (Å²) in [4.78, 5) is 42.8. The zero-order valence-electron chi connectivity index (χ0n) is 17.7. The Morgan fingerprint density at radius 2 is 1.83 bits per heavy atom. The van der Waals surface area contributed by atoms with Gasteiger partial charge in [0.2, 0.25) is 5.91 Å². The standard InChI is InChI=1S/C22H30N4O4/c1-15-3-5-17(21(28)24-7-9-25(10-8-24)22(29)30-2)12-19(15)23-20(27)14-26-13-16-4-6-18(26)11-16/h3,5,12,16,18H,4,6-11,13-14H2,1-2H3,(H,23,27)/t16-,18+/m1/s1. The van der Waals surface area contributed by atoms with Gasteiger partial charge >= 0.3 is 6.09 Å². The van der Waals surface area contributed by atoms with Crippen LogP contribution in [0.25, 0.3) is 0 Å². The van der Waals surface area contributed by atoms with Gasteiger partial charge in [0.15, 0.2) is 0 Å². The van der Waals surface area contributed by atoms with E-state index in [1.54, 1.807) is 21.9 Å². The van der Waals surface area contributed by atoms with E-state index >= 15 is 0 Å². The lowest BCUT2D eigenvalue weighted by Gasteiger charge is -2.34. The molecule has 2 heterocycles. The number of carbonyl (C=O) groups excluding carboxylic acids is 3. The van der Waals surface area contributed by atoms with Crippen LogP contribution < -0.4 is 5.32 Å². The number of nitrogens with one attached hydrogen (secondary N) is 1. The number of benzene rings is 1. The summed E-state index contributed by atoms with van der Waals surface area (Å²) in [5.74, 6) is 0.638. The van der Waals surface area contributed by atoms with Crippen molar-refractivity contribution in [1.29, 1.82) is 0 Å². The molecule has 0 radical (unpaired) electrons. The van der Waals surface area contributed by atoms with Crippen molar-refractivity contribution in [2.75, 3.05) is 51.7 Å². The maximum atomic E-state index is 12.9. The van der Waals surface area contributed by atoms with E-state index in [0.29, 0.717) is 50.0 Å². The van der Waals surface area contributed by atoms with Crippen LogP contribution in [0.4, 0.5) is 10.5 Å². The van der Waals surface area contributed by atoms with Gasteiger partial charge in [-0.25, -0.2) is 4.79 Å². The Morgan fingerprint density at radius 1 is 1.10 bits per heavy atom. The highest BCUT2D eigenvalue weighted by Crippen LogP contribution is 2.37. The molecule has 162 valence electrons. The number of piperazine rings is 1. The maximum Gasteiger partial charge on any atom is 0.409 e. The monoisotopic (exact) mass is 414 g/mol. The number of fused-ring (bicyclic) bond motifs is 2. The summed E-state index contributed by atoms with van der Waals surface area (Å²) in [5, 5.41) is 3.00. The van der Waals surface area contributed by atoms with Gasteiger partial charge in [-0.3, -0.25) is 14.5 Å². The number of methoxy groups -OCH3 is 1. The average molecular weight is 415 g/mol. The molecule has 2 saturated heterocycles. The summed E-state index contributed by atoms with van der Waals surface area (Å²) in [6, 6.07) is 5.97. The molecule has 4 rings (SSSR count). The van der Waals surface area contributed by atoms with Crippen molar-refractivity contribution in [3.8, 4) is 0 Å². The number of carbonyl (C=O) groups is 3. The Balaban J connectivity index is 1.36. The minimum Gasteiger partial charge on any atom is -0.453 e. The van der Waals surface area contributed by atoms with Crippen LogP contribution in [-0.2, 0) is 9.53 Å². The van der Waals surface area contributed by atoms with Crippen LogP contribution in [0.15, 0.2) is 18.2 Å². The van der Waals surface area contributed by atoms with Crippen molar-refractivity contribution < 1.29 is 19.1 Å². The van der Waals surface area contributed by atoms with E-state index in [1.807, 2.05) is 13.0 Å². The van der Waals surface area contributed by atoms with Gasteiger partial charge < -0.3 is 19.9 Å². The highest BCUT2D eigenvalue weighted by molar-refractivity contribution is 5.98. The second-order valence-corrected chi connectivity index (χ2v) is 8.59. The second-order valence-electron chi connectivity index (χ2n) is 8.59. The zero-order valence-corrected chi connectivity index (χ0v) is 17.7. The van der Waals surface area contributed by atoms with Crippen molar-refractivity contribution >= 4 is 23.6 Å². The first-order valence-electron chi connectivity index (χ1n) is 10.7. The number of hydrogen-bond donors (Lipinski definition) is 1. The molecule has 1 N–H and O–H groups in total. The molecule has 2 aliphatic heterocycles. The minimum atomic E-state index is -0.367. The highest BCUT2D eigenvalue weighted by atomic mass is 16.5. The number of hydrogen-bond acceptors (Lipinski definition) is 5. The fourth-order valence-electron chi connectivity index (χ4n) is 4.89. The fraction of sp³-hybridized carbons (Fsp3) is 0.591. The first kappa shape index (κ1) is 20.7. The third kappa shape index (κ3) is 4.28. The maximum absolute atomic E-state index is 12.9. The van der Waals surface area contributed by atoms with Crippen molar-refractivity contribution in [3.05, 3.63) is 29.3 Å². The van der Waals surface area contributed by atoms with E-state index in [4.69, 9.17) is 4.74 Å². The lowest BCUT2D eigenvalue weighted by atomic mass is 10.1. The molecule has 0 aromatic heterocycles. The Bertz CT molecular complexity index is 834. The molecule has 2 atom stereocenters. The van der Waals surface area contributed by atoms with Crippen LogP contribution in [0, 0.1) is 12.8 Å². The van der Waals surface area contributed by atoms with Gasteiger partial charge in [0.1, 0.15) is 0 Å². The van der Waals surface area contributed by atoms with Crippen molar-refractivity contribution in [3.63, 3.8) is 0 Å². The highest BCUT2D eigenvalue weighted by Gasteiger charge is 2.38. The summed E-state index contributed by atoms with van der Waals surface area (Å²) in [6.07, 6.45) is 3.34. The SMILES string of the molecule is COC(=O)N1CCN(C(=O)c2ccc(C)c(NC(=O)CN3C[C@@H]4CC[C@H]3C4)c2)CC1. The first-order chi connectivity index (χ1) is 14.4. The largest absolute Gasteiger partial charge is 0.453 e. The van der Waals surface area contributed by atoms with E-state index < -0.39 is 0 Å². The first-order valence-corrected chi connectivity index (χ1v) is 10.7. The summed E-state index contributed by atoms with van der Waals surface area (Å²) in [7, 11) is 1.36. The van der Waals surface area contributed by atoms with Gasteiger partial charge in [0, 0.05) is 50.0 Å². The van der Waals surface area contributed by atoms with Crippen LogP contribution in [-0.4, -0.2) is 85.0 Å². The summed E-state index contributed by atoms with van der Waals surface area (Å²) < 4.78 is 4.74. The molecule has 3 fully saturated rings. The number of anilines is 1. The number of amides is 3. The molecule has 1 aromatic rings. The quantitative estimate of drug-likeness (QED) is 0.814. The number of aryl methyl sites for hydroxylation is 1. The smallest absolute Gasteiger partial charge is 0.409 e. The molecule has 2 bridgehead atoms. The van der Waals surface area contributed by atoms with Crippen LogP contribution >= 0.6 is 0 Å².